The predicted molar refractivity (Wildman–Crippen MR) is 136 cm³/mol. The van der Waals surface area contributed by atoms with Gasteiger partial charge in [0, 0.05) is 27.7 Å². The summed E-state index contributed by atoms with van der Waals surface area (Å²) in [6.07, 6.45) is 0. The molecule has 4 aromatic carbocycles. The van der Waals surface area contributed by atoms with Crippen molar-refractivity contribution in [2.45, 2.75) is 0 Å². The Hall–Kier alpha value is -4.18. The van der Waals surface area contributed by atoms with E-state index in [0.717, 1.165) is 44.5 Å². The highest BCUT2D eigenvalue weighted by atomic mass is 16.5. The average molecular weight is 437 g/mol. The zero-order valence-corrected chi connectivity index (χ0v) is 18.9. The van der Waals surface area contributed by atoms with E-state index in [1.165, 1.54) is 0 Å². The van der Waals surface area contributed by atoms with Gasteiger partial charge < -0.3 is 20.1 Å². The van der Waals surface area contributed by atoms with Crippen LogP contribution in [0, 0.1) is 0 Å². The fourth-order valence-electron chi connectivity index (χ4n) is 3.86. The Morgan fingerprint density at radius 3 is 1.70 bits per heavy atom. The Bertz CT molecular complexity index is 1290. The van der Waals surface area contributed by atoms with Crippen LogP contribution in [0.2, 0.25) is 0 Å². The maximum atomic E-state index is 5.99. The van der Waals surface area contributed by atoms with Crippen LogP contribution in [0.5, 0.6) is 0 Å². The van der Waals surface area contributed by atoms with E-state index in [-0.39, 0.29) is 0 Å². The topological polar surface area (TPSA) is 42.5 Å². The molecule has 0 unspecified atom stereocenters. The highest BCUT2D eigenvalue weighted by molar-refractivity contribution is 5.69. The SMILES string of the molecule is COC(c1ccccc1)=c1cccc(NCNc2ccccc2)c1=C(OC)c1ccccc1. The standard InChI is InChI=1S/C29H28N2O2/c1-32-28(22-13-6-3-7-14-22)25-19-12-20-26(31-21-30-24-17-10-5-11-18-24)27(25)29(33-2)23-15-8-4-9-16-23/h3-20,30-31H,21H2,1-2H3. The summed E-state index contributed by atoms with van der Waals surface area (Å²) in [4.78, 5) is 0. The van der Waals surface area contributed by atoms with Gasteiger partial charge in [0.2, 0.25) is 0 Å². The quantitative estimate of drug-likeness (QED) is 0.391. The Kier molecular flexibility index (Phi) is 7.29. The maximum Gasteiger partial charge on any atom is 0.136 e. The molecule has 0 amide bonds. The first-order chi connectivity index (χ1) is 16.3. The van der Waals surface area contributed by atoms with Gasteiger partial charge in [-0.3, -0.25) is 0 Å². The summed E-state index contributed by atoms with van der Waals surface area (Å²) in [5, 5.41) is 8.85. The van der Waals surface area contributed by atoms with E-state index in [4.69, 9.17) is 9.47 Å². The molecule has 0 aliphatic heterocycles. The number of para-hydroxylation sites is 1. The largest absolute Gasteiger partial charge is 0.495 e. The second-order valence-corrected chi connectivity index (χ2v) is 7.42. The molecule has 0 aromatic heterocycles. The van der Waals surface area contributed by atoms with E-state index in [0.29, 0.717) is 6.67 Å². The minimum absolute atomic E-state index is 0.555. The predicted octanol–water partition coefficient (Wildman–Crippen LogP) is 4.77. The van der Waals surface area contributed by atoms with E-state index in [2.05, 4.69) is 47.0 Å². The van der Waals surface area contributed by atoms with Crippen LogP contribution in [-0.4, -0.2) is 20.9 Å². The Morgan fingerprint density at radius 1 is 0.576 bits per heavy atom. The summed E-state index contributed by atoms with van der Waals surface area (Å²) in [5.74, 6) is 1.56. The lowest BCUT2D eigenvalue weighted by molar-refractivity contribution is 0.362. The zero-order valence-electron chi connectivity index (χ0n) is 18.9. The summed E-state index contributed by atoms with van der Waals surface area (Å²) in [5.41, 5.74) is 4.00. The number of nitrogens with one attached hydrogen (secondary N) is 2. The molecule has 166 valence electrons. The normalized spacial score (nSPS) is 12.4. The third-order valence-corrected chi connectivity index (χ3v) is 5.36. The molecule has 33 heavy (non-hydrogen) atoms. The molecule has 0 saturated carbocycles. The van der Waals surface area contributed by atoms with Crippen molar-refractivity contribution in [2.75, 3.05) is 31.5 Å². The van der Waals surface area contributed by atoms with Gasteiger partial charge in [0.1, 0.15) is 11.5 Å². The van der Waals surface area contributed by atoms with Crippen LogP contribution in [-0.2, 0) is 9.47 Å². The fourth-order valence-corrected chi connectivity index (χ4v) is 3.86. The number of anilines is 2. The summed E-state index contributed by atoms with van der Waals surface area (Å²) < 4.78 is 11.9. The van der Waals surface area contributed by atoms with E-state index in [9.17, 15) is 0 Å². The molecule has 0 aliphatic carbocycles. The number of benzene rings is 4. The fraction of sp³-hybridized carbons (Fsp3) is 0.103. The highest BCUT2D eigenvalue weighted by Gasteiger charge is 2.12. The van der Waals surface area contributed by atoms with Gasteiger partial charge in [0.05, 0.1) is 26.1 Å². The molecule has 0 saturated heterocycles. The Labute approximate surface area is 194 Å². The first-order valence-corrected chi connectivity index (χ1v) is 10.9. The molecule has 4 aromatic rings. The van der Waals surface area contributed by atoms with Gasteiger partial charge in [0.25, 0.3) is 0 Å². The molecule has 0 atom stereocenters. The van der Waals surface area contributed by atoms with Crippen molar-refractivity contribution in [3.63, 3.8) is 0 Å². The van der Waals surface area contributed by atoms with E-state index < -0.39 is 0 Å². The van der Waals surface area contributed by atoms with Crippen molar-refractivity contribution < 1.29 is 9.47 Å². The molecule has 0 bridgehead atoms. The summed E-state index contributed by atoms with van der Waals surface area (Å²) in [6.45, 7) is 0.555. The van der Waals surface area contributed by atoms with Crippen molar-refractivity contribution in [1.29, 1.82) is 0 Å². The molecular weight excluding hydrogens is 408 g/mol. The Balaban J connectivity index is 1.92. The van der Waals surface area contributed by atoms with Crippen LogP contribution in [0.25, 0.3) is 11.5 Å². The first-order valence-electron chi connectivity index (χ1n) is 10.9. The van der Waals surface area contributed by atoms with Crippen LogP contribution < -0.4 is 21.1 Å². The van der Waals surface area contributed by atoms with Gasteiger partial charge in [-0.1, -0.05) is 91.0 Å². The smallest absolute Gasteiger partial charge is 0.136 e. The lowest BCUT2D eigenvalue weighted by Gasteiger charge is -2.15. The molecule has 4 rings (SSSR count). The second kappa shape index (κ2) is 10.9. The molecule has 2 N–H and O–H groups in total. The minimum atomic E-state index is 0.555. The highest BCUT2D eigenvalue weighted by Crippen LogP contribution is 2.15. The second-order valence-electron chi connectivity index (χ2n) is 7.42. The van der Waals surface area contributed by atoms with Crippen LogP contribution in [0.1, 0.15) is 11.1 Å². The van der Waals surface area contributed by atoms with Gasteiger partial charge in [-0.05, 0) is 18.2 Å². The molecule has 0 fully saturated rings. The third kappa shape index (κ3) is 5.18. The Morgan fingerprint density at radius 2 is 1.12 bits per heavy atom. The lowest BCUT2D eigenvalue weighted by Crippen LogP contribution is -2.34. The van der Waals surface area contributed by atoms with E-state index in [1.807, 2.05) is 72.8 Å². The average Bonchev–Trinajstić information content (AvgIpc) is 2.88. The van der Waals surface area contributed by atoms with Crippen molar-refractivity contribution in [2.24, 2.45) is 0 Å². The number of methoxy groups -OCH3 is 2. The van der Waals surface area contributed by atoms with Crippen LogP contribution in [0.3, 0.4) is 0 Å². The summed E-state index contributed by atoms with van der Waals surface area (Å²) in [7, 11) is 3.41. The zero-order chi connectivity index (χ0) is 22.9. The maximum absolute atomic E-state index is 5.99. The van der Waals surface area contributed by atoms with Gasteiger partial charge in [-0.15, -0.1) is 0 Å². The van der Waals surface area contributed by atoms with Gasteiger partial charge in [-0.2, -0.15) is 0 Å². The third-order valence-electron chi connectivity index (χ3n) is 5.36. The van der Waals surface area contributed by atoms with Crippen LogP contribution >= 0.6 is 0 Å². The monoisotopic (exact) mass is 436 g/mol. The number of rotatable bonds is 8. The van der Waals surface area contributed by atoms with Crippen LogP contribution in [0.4, 0.5) is 11.4 Å². The molecule has 0 spiro atoms. The van der Waals surface area contributed by atoms with Gasteiger partial charge in [-0.25, -0.2) is 0 Å². The van der Waals surface area contributed by atoms with E-state index >= 15 is 0 Å². The van der Waals surface area contributed by atoms with Crippen LogP contribution in [0.15, 0.2) is 109 Å². The summed E-state index contributed by atoms with van der Waals surface area (Å²) in [6, 6.07) is 36.5. The first kappa shape index (κ1) is 22.0. The molecule has 4 nitrogen and oxygen atoms in total. The molecule has 0 radical (unpaired) electrons. The van der Waals surface area contributed by atoms with Crippen molar-refractivity contribution in [3.05, 3.63) is 131 Å². The van der Waals surface area contributed by atoms with Crippen molar-refractivity contribution in [1.82, 2.24) is 0 Å². The van der Waals surface area contributed by atoms with Crippen molar-refractivity contribution >= 4 is 22.9 Å². The van der Waals surface area contributed by atoms with Gasteiger partial charge in [0.15, 0.2) is 0 Å². The summed E-state index contributed by atoms with van der Waals surface area (Å²) >= 11 is 0. The molecule has 0 aliphatic rings. The molecular formula is C29H28N2O2. The van der Waals surface area contributed by atoms with Gasteiger partial charge >= 0.3 is 0 Å². The lowest BCUT2D eigenvalue weighted by atomic mass is 10.0. The minimum Gasteiger partial charge on any atom is -0.495 e. The van der Waals surface area contributed by atoms with E-state index in [1.54, 1.807) is 14.2 Å². The molecule has 0 heterocycles. The number of hydrogen-bond donors (Lipinski definition) is 2. The van der Waals surface area contributed by atoms with Crippen molar-refractivity contribution in [3.8, 4) is 0 Å². The molecule has 4 heteroatoms. The number of ether oxygens (including phenoxy) is 2. The number of hydrogen-bond acceptors (Lipinski definition) is 4.